The Morgan fingerprint density at radius 3 is 2.42 bits per heavy atom. The number of carbonyl (C=O) groups excluding carboxylic acids is 2. The van der Waals surface area contributed by atoms with E-state index in [1.54, 1.807) is 11.5 Å². The van der Waals surface area contributed by atoms with Crippen LogP contribution in [0.5, 0.6) is 0 Å². The second kappa shape index (κ2) is 9.88. The highest BCUT2D eigenvalue weighted by Gasteiger charge is 2.34. The number of rotatable bonds is 4. The number of hydrogen-bond acceptors (Lipinski definition) is 5. The van der Waals surface area contributed by atoms with Gasteiger partial charge in [0, 0.05) is 16.9 Å². The third-order valence-corrected chi connectivity index (χ3v) is 8.39. The molecule has 3 aromatic carbocycles. The second-order valence-corrected chi connectivity index (χ2v) is 11.4. The number of benzene rings is 3. The van der Waals surface area contributed by atoms with Gasteiger partial charge in [0.25, 0.3) is 17.4 Å². The van der Waals surface area contributed by atoms with Gasteiger partial charge < -0.3 is 10.6 Å². The summed E-state index contributed by atoms with van der Waals surface area (Å²) >= 11 is 1.18. The molecule has 2 N–H and O–H groups in total. The van der Waals surface area contributed by atoms with Crippen molar-refractivity contribution in [2.24, 2.45) is 4.99 Å². The summed E-state index contributed by atoms with van der Waals surface area (Å²) in [6, 6.07) is 22.2. The standard InChI is InChI=1S/C32H28N4O3S/c1-17(2)20-11-13-21(14-12-20)27-25(29(37)34-22-8-6-5-7-9-22)19(4)33-32-36(27)31(39)28(40-32)26-23-16-18(3)10-15-24(23)35-30(26)38/h5-17,27H,1-4H3,(H,34,37)(H,35,38)/b28-26-/t27-/m1/s1. The molecule has 40 heavy (non-hydrogen) atoms. The fraction of sp³-hybridized carbons (Fsp3) is 0.188. The van der Waals surface area contributed by atoms with Crippen LogP contribution >= 0.6 is 11.3 Å². The Balaban J connectivity index is 1.58. The van der Waals surface area contributed by atoms with Crippen LogP contribution in [0.15, 0.2) is 93.9 Å². The topological polar surface area (TPSA) is 92.6 Å². The van der Waals surface area contributed by atoms with Crippen molar-refractivity contribution in [1.82, 2.24) is 4.57 Å². The van der Waals surface area contributed by atoms with Crippen LogP contribution in [-0.2, 0) is 9.59 Å². The van der Waals surface area contributed by atoms with Gasteiger partial charge in [0.2, 0.25) is 0 Å². The van der Waals surface area contributed by atoms with Crippen molar-refractivity contribution in [3.05, 3.63) is 126 Å². The average molecular weight is 549 g/mol. The van der Waals surface area contributed by atoms with Crippen molar-refractivity contribution < 1.29 is 9.59 Å². The van der Waals surface area contributed by atoms with Gasteiger partial charge in [-0.05, 0) is 55.2 Å². The number of carbonyl (C=O) groups is 2. The number of anilines is 2. The van der Waals surface area contributed by atoms with Crippen LogP contribution < -0.4 is 25.5 Å². The molecule has 0 saturated heterocycles. The van der Waals surface area contributed by atoms with E-state index in [1.807, 2.05) is 79.7 Å². The van der Waals surface area contributed by atoms with Crippen molar-refractivity contribution in [3.63, 3.8) is 0 Å². The number of para-hydroxylation sites is 1. The van der Waals surface area contributed by atoms with E-state index in [1.165, 1.54) is 11.3 Å². The molecule has 0 unspecified atom stereocenters. The molecule has 7 nitrogen and oxygen atoms in total. The first-order valence-electron chi connectivity index (χ1n) is 13.2. The number of thiazole rings is 1. The highest BCUT2D eigenvalue weighted by Crippen LogP contribution is 2.33. The van der Waals surface area contributed by atoms with E-state index in [0.29, 0.717) is 49.0 Å². The number of fused-ring (bicyclic) bond motifs is 2. The quantitative estimate of drug-likeness (QED) is 0.390. The highest BCUT2D eigenvalue weighted by molar-refractivity contribution is 7.07. The third kappa shape index (κ3) is 4.30. The van der Waals surface area contributed by atoms with Gasteiger partial charge in [-0.3, -0.25) is 19.0 Å². The van der Waals surface area contributed by atoms with Crippen LogP contribution in [0, 0.1) is 6.92 Å². The van der Waals surface area contributed by atoms with E-state index in [0.717, 1.165) is 16.7 Å². The summed E-state index contributed by atoms with van der Waals surface area (Å²) in [5.74, 6) is -0.315. The molecule has 1 aromatic heterocycles. The lowest BCUT2D eigenvalue weighted by Gasteiger charge is -2.25. The molecule has 0 bridgehead atoms. The summed E-state index contributed by atoms with van der Waals surface area (Å²) in [5, 5.41) is 5.85. The Labute approximate surface area is 235 Å². The molecule has 0 spiro atoms. The Bertz CT molecular complexity index is 1900. The molecule has 4 aromatic rings. The third-order valence-electron chi connectivity index (χ3n) is 7.34. The van der Waals surface area contributed by atoms with E-state index in [2.05, 4.69) is 24.5 Å². The lowest BCUT2D eigenvalue weighted by molar-refractivity contribution is -0.113. The van der Waals surface area contributed by atoms with E-state index in [-0.39, 0.29) is 17.4 Å². The minimum Gasteiger partial charge on any atom is -0.322 e. The zero-order valence-corrected chi connectivity index (χ0v) is 23.4. The first-order valence-corrected chi connectivity index (χ1v) is 14.0. The number of nitrogens with zero attached hydrogens (tertiary/aromatic N) is 2. The maximum absolute atomic E-state index is 14.2. The molecule has 200 valence electrons. The molecule has 2 amide bonds. The van der Waals surface area contributed by atoms with Gasteiger partial charge in [0.15, 0.2) is 4.80 Å². The van der Waals surface area contributed by atoms with Crippen molar-refractivity contribution in [3.8, 4) is 0 Å². The van der Waals surface area contributed by atoms with Crippen LogP contribution in [0.3, 0.4) is 0 Å². The summed E-state index contributed by atoms with van der Waals surface area (Å²) < 4.78 is 1.87. The summed E-state index contributed by atoms with van der Waals surface area (Å²) in [7, 11) is 0. The van der Waals surface area contributed by atoms with Crippen LogP contribution in [0.25, 0.3) is 5.57 Å². The van der Waals surface area contributed by atoms with Gasteiger partial charge in [0.05, 0.1) is 22.9 Å². The molecule has 3 heterocycles. The van der Waals surface area contributed by atoms with E-state index < -0.39 is 6.04 Å². The van der Waals surface area contributed by atoms with Crippen LogP contribution in [-0.4, -0.2) is 16.4 Å². The monoisotopic (exact) mass is 548 g/mol. The molecule has 8 heteroatoms. The first-order chi connectivity index (χ1) is 19.2. The van der Waals surface area contributed by atoms with Gasteiger partial charge in [-0.15, -0.1) is 0 Å². The zero-order valence-electron chi connectivity index (χ0n) is 22.6. The molecular formula is C32H28N4O3S. The van der Waals surface area contributed by atoms with Gasteiger partial charge in [-0.1, -0.05) is 79.3 Å². The van der Waals surface area contributed by atoms with Crippen LogP contribution in [0.2, 0.25) is 0 Å². The summed E-state index contributed by atoms with van der Waals surface area (Å²) in [4.78, 5) is 46.2. The number of amides is 2. The number of hydrogen-bond donors (Lipinski definition) is 2. The van der Waals surface area contributed by atoms with E-state index in [4.69, 9.17) is 4.99 Å². The number of nitrogens with one attached hydrogen (secondary N) is 2. The van der Waals surface area contributed by atoms with Gasteiger partial charge in [-0.25, -0.2) is 4.99 Å². The molecule has 0 saturated carbocycles. The molecular weight excluding hydrogens is 520 g/mol. The Kier molecular flexibility index (Phi) is 6.35. The summed E-state index contributed by atoms with van der Waals surface area (Å²) in [5.41, 5.74) is 5.86. The molecule has 0 radical (unpaired) electrons. The zero-order chi connectivity index (χ0) is 28.1. The molecule has 2 aliphatic rings. The van der Waals surface area contributed by atoms with Crippen LogP contribution in [0.1, 0.15) is 55.0 Å². The van der Waals surface area contributed by atoms with E-state index in [9.17, 15) is 14.4 Å². The van der Waals surface area contributed by atoms with Gasteiger partial charge in [0.1, 0.15) is 4.53 Å². The highest BCUT2D eigenvalue weighted by atomic mass is 32.1. The van der Waals surface area contributed by atoms with Gasteiger partial charge in [-0.2, -0.15) is 0 Å². The van der Waals surface area contributed by atoms with E-state index >= 15 is 0 Å². The lowest BCUT2D eigenvalue weighted by atomic mass is 9.93. The molecule has 0 fully saturated rings. The minimum atomic E-state index is -0.711. The summed E-state index contributed by atoms with van der Waals surface area (Å²) in [6.07, 6.45) is 0. The maximum atomic E-state index is 14.2. The predicted molar refractivity (Wildman–Crippen MR) is 158 cm³/mol. The smallest absolute Gasteiger partial charge is 0.271 e. The number of aromatic nitrogens is 1. The average Bonchev–Trinajstić information content (AvgIpc) is 3.42. The van der Waals surface area contributed by atoms with Crippen molar-refractivity contribution in [1.29, 1.82) is 0 Å². The van der Waals surface area contributed by atoms with Gasteiger partial charge >= 0.3 is 0 Å². The molecule has 0 aliphatic carbocycles. The normalized spacial score (nSPS) is 17.3. The first kappa shape index (κ1) is 25.7. The van der Waals surface area contributed by atoms with Crippen LogP contribution in [0.4, 0.5) is 11.4 Å². The SMILES string of the molecule is CC1=C(C(=O)Nc2ccccc2)[C@@H](c2ccc(C(C)C)cc2)n2c(s/c(=C3\C(=O)Nc4ccc(C)cc43)c2=O)=N1. The molecule has 6 rings (SSSR count). The van der Waals surface area contributed by atoms with Crippen molar-refractivity contribution in [2.75, 3.05) is 10.6 Å². The molecule has 1 atom stereocenters. The lowest BCUT2D eigenvalue weighted by Crippen LogP contribution is -2.41. The minimum absolute atomic E-state index is 0.307. The maximum Gasteiger partial charge on any atom is 0.271 e. The van der Waals surface area contributed by atoms with Crippen molar-refractivity contribution in [2.45, 2.75) is 39.7 Å². The predicted octanol–water partition coefficient (Wildman–Crippen LogP) is 4.63. The summed E-state index contributed by atoms with van der Waals surface area (Å²) in [6.45, 7) is 7.98. The fourth-order valence-corrected chi connectivity index (χ4v) is 6.41. The fourth-order valence-electron chi connectivity index (χ4n) is 5.27. The van der Waals surface area contributed by atoms with Crippen molar-refractivity contribution >= 4 is 40.1 Å². The second-order valence-electron chi connectivity index (χ2n) is 10.4. The Hall–Kier alpha value is -4.56. The largest absolute Gasteiger partial charge is 0.322 e. The Morgan fingerprint density at radius 2 is 1.73 bits per heavy atom. The number of allylic oxidation sites excluding steroid dienone is 1. The number of aryl methyl sites for hydroxylation is 1. The Morgan fingerprint density at radius 1 is 1.00 bits per heavy atom. The molecule has 2 aliphatic heterocycles.